The Balaban J connectivity index is 1.93. The standard InChI is InChI=1S/C18H12BrN5O2S/c1-27-17-21-15(25)14-10-4-2-3-5-12(10)22-18(24(14)23-17)11-8-9(19)6-7-13(11)20-16(18)26/h2-8H,1H3,(H2,20,21,23,25,26)/p+1/t18-/m0/s1. The Morgan fingerprint density at radius 1 is 1.15 bits per heavy atom. The van der Waals surface area contributed by atoms with E-state index < -0.39 is 5.66 Å². The summed E-state index contributed by atoms with van der Waals surface area (Å²) in [5.74, 6) is -0.290. The number of hydrogen-bond acceptors (Lipinski definition) is 5. The zero-order valence-electron chi connectivity index (χ0n) is 14.0. The molecule has 1 atom stereocenters. The predicted octanol–water partition coefficient (Wildman–Crippen LogP) is 2.29. The summed E-state index contributed by atoms with van der Waals surface area (Å²) >= 11 is 4.79. The number of amides is 1. The molecule has 0 saturated carbocycles. The van der Waals surface area contributed by atoms with Crippen molar-refractivity contribution in [3.8, 4) is 11.3 Å². The second kappa shape index (κ2) is 5.67. The highest BCUT2D eigenvalue weighted by atomic mass is 79.9. The Labute approximate surface area is 166 Å². The van der Waals surface area contributed by atoms with Crippen molar-refractivity contribution in [2.24, 2.45) is 0 Å². The third-order valence-corrected chi connectivity index (χ3v) is 5.86. The number of para-hydroxylation sites is 1. The second-order valence-electron chi connectivity index (χ2n) is 6.25. The number of nitrogens with zero attached hydrogens (tertiary/aromatic N) is 2. The monoisotopic (exact) mass is 442 g/mol. The van der Waals surface area contributed by atoms with E-state index in [1.54, 1.807) is 0 Å². The van der Waals surface area contributed by atoms with Crippen LogP contribution in [0, 0.1) is 0 Å². The van der Waals surface area contributed by atoms with Crippen molar-refractivity contribution < 1.29 is 9.48 Å². The van der Waals surface area contributed by atoms with E-state index >= 15 is 0 Å². The molecule has 0 aliphatic carbocycles. The Hall–Kier alpha value is -2.65. The van der Waals surface area contributed by atoms with Gasteiger partial charge in [0.25, 0.3) is 0 Å². The van der Waals surface area contributed by atoms with E-state index in [-0.39, 0.29) is 11.5 Å². The number of H-pyrrole nitrogens is 1. The third-order valence-electron chi connectivity index (χ3n) is 4.80. The van der Waals surface area contributed by atoms with Gasteiger partial charge in [-0.1, -0.05) is 39.8 Å². The Morgan fingerprint density at radius 3 is 2.78 bits per heavy atom. The lowest BCUT2D eigenvalue weighted by molar-refractivity contribution is -0.781. The molecule has 0 fully saturated rings. The van der Waals surface area contributed by atoms with Gasteiger partial charge in [0.1, 0.15) is 0 Å². The molecule has 2 aliphatic rings. The minimum absolute atomic E-state index is 0.290. The minimum Gasteiger partial charge on any atom is -0.317 e. The van der Waals surface area contributed by atoms with Gasteiger partial charge in [0.2, 0.25) is 5.16 Å². The Kier molecular flexibility index (Phi) is 3.47. The first kappa shape index (κ1) is 16.5. The zero-order chi connectivity index (χ0) is 18.8. The van der Waals surface area contributed by atoms with Crippen LogP contribution < -0.4 is 20.9 Å². The SMILES string of the molecule is CSc1n[n+]2c(c(=O)[nH]1)-c1ccccc1N[C@]21C(=O)Nc2ccc(Br)cc21. The zero-order valence-corrected chi connectivity index (χ0v) is 16.4. The molecule has 2 aromatic carbocycles. The van der Waals surface area contributed by atoms with Crippen molar-refractivity contribution in [1.29, 1.82) is 0 Å². The molecule has 3 aromatic rings. The summed E-state index contributed by atoms with van der Waals surface area (Å²) < 4.78 is 2.34. The van der Waals surface area contributed by atoms with E-state index in [1.807, 2.05) is 48.7 Å². The lowest BCUT2D eigenvalue weighted by Crippen LogP contribution is -2.71. The molecule has 1 spiro atoms. The largest absolute Gasteiger partial charge is 0.374 e. The van der Waals surface area contributed by atoms with Gasteiger partial charge in [-0.05, 0) is 41.3 Å². The molecule has 3 N–H and O–H groups in total. The number of hydrogen-bond donors (Lipinski definition) is 3. The molecular weight excluding hydrogens is 430 g/mol. The van der Waals surface area contributed by atoms with Gasteiger partial charge in [-0.2, -0.15) is 0 Å². The molecule has 134 valence electrons. The molecule has 9 heteroatoms. The number of fused-ring (bicyclic) bond motifs is 6. The first-order valence-corrected chi connectivity index (χ1v) is 10.2. The van der Waals surface area contributed by atoms with Crippen LogP contribution in [0.4, 0.5) is 11.4 Å². The van der Waals surface area contributed by atoms with Gasteiger partial charge in [-0.15, -0.1) is 0 Å². The van der Waals surface area contributed by atoms with Gasteiger partial charge >= 0.3 is 22.8 Å². The molecule has 0 radical (unpaired) electrons. The predicted molar refractivity (Wildman–Crippen MR) is 106 cm³/mol. The number of halogens is 1. The maximum atomic E-state index is 13.2. The first-order chi connectivity index (χ1) is 13.0. The Morgan fingerprint density at radius 2 is 1.96 bits per heavy atom. The molecule has 1 amide bonds. The average Bonchev–Trinajstić information content (AvgIpc) is 2.93. The number of aromatic amines is 1. The van der Waals surface area contributed by atoms with Crippen LogP contribution in [0.1, 0.15) is 5.56 Å². The van der Waals surface area contributed by atoms with Gasteiger partial charge in [-0.25, -0.2) is 0 Å². The smallest absolute Gasteiger partial charge is 0.317 e. The fourth-order valence-electron chi connectivity index (χ4n) is 3.63. The number of nitrogens with one attached hydrogen (secondary N) is 3. The topological polar surface area (TPSA) is 90.8 Å². The molecule has 0 bridgehead atoms. The van der Waals surface area contributed by atoms with Crippen LogP contribution in [0.3, 0.4) is 0 Å². The van der Waals surface area contributed by atoms with Crippen molar-refractivity contribution in [2.45, 2.75) is 10.8 Å². The van der Waals surface area contributed by atoms with Crippen LogP contribution in [0.15, 0.2) is 56.9 Å². The average molecular weight is 443 g/mol. The lowest BCUT2D eigenvalue weighted by Gasteiger charge is -2.28. The molecule has 5 rings (SSSR count). The molecule has 7 nitrogen and oxygen atoms in total. The summed E-state index contributed by atoms with van der Waals surface area (Å²) in [5.41, 5.74) is 1.48. The Bertz CT molecular complexity index is 1190. The van der Waals surface area contributed by atoms with E-state index in [0.717, 1.165) is 4.47 Å². The van der Waals surface area contributed by atoms with Gasteiger partial charge in [0.05, 0.1) is 22.5 Å². The number of rotatable bonds is 1. The highest BCUT2D eigenvalue weighted by molar-refractivity contribution is 9.10. The van der Waals surface area contributed by atoms with E-state index in [4.69, 9.17) is 0 Å². The van der Waals surface area contributed by atoms with Crippen molar-refractivity contribution in [2.75, 3.05) is 16.9 Å². The number of carbonyl (C=O) groups is 1. The fraction of sp³-hybridized carbons (Fsp3) is 0.111. The molecule has 1 aromatic heterocycles. The highest BCUT2D eigenvalue weighted by Gasteiger charge is 2.62. The number of carbonyl (C=O) groups excluding carboxylic acids is 1. The molecular formula is C18H13BrN5O2S+. The van der Waals surface area contributed by atoms with E-state index in [2.05, 4.69) is 36.6 Å². The molecule has 27 heavy (non-hydrogen) atoms. The van der Waals surface area contributed by atoms with E-state index in [9.17, 15) is 9.59 Å². The molecule has 2 aliphatic heterocycles. The van der Waals surface area contributed by atoms with Crippen LogP contribution in [0.2, 0.25) is 0 Å². The number of aromatic nitrogens is 3. The normalized spacial score (nSPS) is 19.1. The quantitative estimate of drug-likeness (QED) is 0.397. The maximum Gasteiger partial charge on any atom is 0.374 e. The van der Waals surface area contributed by atoms with Gasteiger partial charge in [0, 0.05) is 9.57 Å². The summed E-state index contributed by atoms with van der Waals surface area (Å²) in [6, 6.07) is 13.0. The minimum atomic E-state index is -1.35. The summed E-state index contributed by atoms with van der Waals surface area (Å²) in [5, 5.41) is 11.3. The van der Waals surface area contributed by atoms with Crippen molar-refractivity contribution in [1.82, 2.24) is 10.1 Å². The van der Waals surface area contributed by atoms with Crippen molar-refractivity contribution in [3.63, 3.8) is 0 Å². The molecule has 3 heterocycles. The summed E-state index contributed by atoms with van der Waals surface area (Å²) in [6.45, 7) is 0. The second-order valence-corrected chi connectivity index (χ2v) is 7.96. The highest BCUT2D eigenvalue weighted by Crippen LogP contribution is 2.42. The summed E-state index contributed by atoms with van der Waals surface area (Å²) in [6.07, 6.45) is 1.82. The van der Waals surface area contributed by atoms with Crippen LogP contribution >= 0.6 is 27.7 Å². The lowest BCUT2D eigenvalue weighted by atomic mass is 9.95. The summed E-state index contributed by atoms with van der Waals surface area (Å²) in [4.78, 5) is 29.0. The molecule has 0 unspecified atom stereocenters. The van der Waals surface area contributed by atoms with Crippen molar-refractivity contribution >= 4 is 45.0 Å². The van der Waals surface area contributed by atoms with E-state index in [0.29, 0.717) is 33.4 Å². The first-order valence-electron chi connectivity index (χ1n) is 8.15. The van der Waals surface area contributed by atoms with Gasteiger partial charge < -0.3 is 10.6 Å². The van der Waals surface area contributed by atoms with Gasteiger partial charge in [-0.3, -0.25) is 14.6 Å². The maximum absolute atomic E-state index is 13.2. The summed E-state index contributed by atoms with van der Waals surface area (Å²) in [7, 11) is 0. The molecule has 0 saturated heterocycles. The van der Waals surface area contributed by atoms with Crippen LogP contribution in [0.5, 0.6) is 0 Å². The number of anilines is 2. The van der Waals surface area contributed by atoms with Gasteiger partial charge in [0.15, 0.2) is 0 Å². The van der Waals surface area contributed by atoms with Crippen LogP contribution in [-0.2, 0) is 10.5 Å². The number of thioether (sulfide) groups is 1. The fourth-order valence-corrected chi connectivity index (χ4v) is 4.35. The van der Waals surface area contributed by atoms with Crippen LogP contribution in [0.25, 0.3) is 11.3 Å². The van der Waals surface area contributed by atoms with E-state index in [1.165, 1.54) is 16.4 Å². The third kappa shape index (κ3) is 2.15. The van der Waals surface area contributed by atoms with Crippen molar-refractivity contribution in [3.05, 3.63) is 62.9 Å². The van der Waals surface area contributed by atoms with Crippen LogP contribution in [-0.4, -0.2) is 22.2 Å². The number of benzene rings is 2.